The molecule has 0 unspecified atom stereocenters. The van der Waals surface area contributed by atoms with Crippen LogP contribution in [-0.2, 0) is 0 Å². The Morgan fingerprint density at radius 2 is 2.19 bits per heavy atom. The van der Waals surface area contributed by atoms with Gasteiger partial charge in [-0.05, 0) is 31.0 Å². The van der Waals surface area contributed by atoms with E-state index in [4.69, 9.17) is 4.74 Å². The van der Waals surface area contributed by atoms with Gasteiger partial charge in [-0.25, -0.2) is 0 Å². The number of carbonyl (C=O) groups is 1. The second-order valence-corrected chi connectivity index (χ2v) is 4.28. The minimum absolute atomic E-state index is 0.169. The van der Waals surface area contributed by atoms with Crippen LogP contribution in [0, 0.1) is 17.8 Å². The van der Waals surface area contributed by atoms with Crippen molar-refractivity contribution < 1.29 is 9.53 Å². The molecule has 1 aromatic rings. The molecule has 80 valence electrons. The van der Waals surface area contributed by atoms with Crippen molar-refractivity contribution in [3.05, 3.63) is 29.3 Å². The summed E-state index contributed by atoms with van der Waals surface area (Å²) >= 11 is 0. The summed E-state index contributed by atoms with van der Waals surface area (Å²) in [5.41, 5.74) is 1.64. The van der Waals surface area contributed by atoms with Crippen molar-refractivity contribution in [2.75, 3.05) is 6.61 Å². The fraction of sp³-hybridized carbons (Fsp3) is 0.357. The molecule has 2 aliphatic rings. The molecular formula is C14H12O2. The third-order valence-electron chi connectivity index (χ3n) is 2.87. The standard InChI is InChI=1S/C14H12O2/c15-13-7-8-16-14-9-11(5-6-12(13)14)4-3-10-1-2-10/h5-6,9-10H,1-2,7-8H2. The van der Waals surface area contributed by atoms with Crippen LogP contribution < -0.4 is 4.74 Å². The van der Waals surface area contributed by atoms with Crippen LogP contribution in [0.5, 0.6) is 5.75 Å². The number of carbonyl (C=O) groups excluding carboxylic acids is 1. The Kier molecular flexibility index (Phi) is 2.18. The highest BCUT2D eigenvalue weighted by Gasteiger charge is 2.19. The first-order chi connectivity index (χ1) is 7.83. The van der Waals surface area contributed by atoms with E-state index in [0.717, 1.165) is 5.56 Å². The third-order valence-corrected chi connectivity index (χ3v) is 2.87. The SMILES string of the molecule is O=C1CCOc2cc(C#CC3CC3)ccc21. The Balaban J connectivity index is 1.92. The van der Waals surface area contributed by atoms with Gasteiger partial charge in [0.1, 0.15) is 5.75 Å². The van der Waals surface area contributed by atoms with Crippen molar-refractivity contribution in [2.24, 2.45) is 5.92 Å². The van der Waals surface area contributed by atoms with Gasteiger partial charge in [0.15, 0.2) is 5.78 Å². The van der Waals surface area contributed by atoms with Crippen LogP contribution in [0.25, 0.3) is 0 Å². The van der Waals surface area contributed by atoms with Crippen molar-refractivity contribution in [1.82, 2.24) is 0 Å². The monoisotopic (exact) mass is 212 g/mol. The minimum atomic E-state index is 0.169. The summed E-state index contributed by atoms with van der Waals surface area (Å²) < 4.78 is 5.47. The molecule has 0 N–H and O–H groups in total. The van der Waals surface area contributed by atoms with E-state index in [-0.39, 0.29) is 5.78 Å². The molecule has 1 aliphatic heterocycles. The van der Waals surface area contributed by atoms with Gasteiger partial charge in [0.25, 0.3) is 0 Å². The van der Waals surface area contributed by atoms with Crippen LogP contribution in [0.2, 0.25) is 0 Å². The number of ketones is 1. The Bertz CT molecular complexity index is 501. The molecular weight excluding hydrogens is 200 g/mol. The van der Waals surface area contributed by atoms with Gasteiger partial charge >= 0.3 is 0 Å². The molecule has 0 bridgehead atoms. The lowest BCUT2D eigenvalue weighted by molar-refractivity contribution is 0.0933. The van der Waals surface area contributed by atoms with Crippen LogP contribution in [0.15, 0.2) is 18.2 Å². The molecule has 1 aliphatic carbocycles. The predicted molar refractivity (Wildman–Crippen MR) is 60.5 cm³/mol. The highest BCUT2D eigenvalue weighted by Crippen LogP contribution is 2.28. The lowest BCUT2D eigenvalue weighted by atomic mass is 10.0. The predicted octanol–water partition coefficient (Wildman–Crippen LogP) is 2.41. The normalized spacial score (nSPS) is 18.1. The zero-order valence-corrected chi connectivity index (χ0v) is 8.95. The Hall–Kier alpha value is -1.75. The fourth-order valence-corrected chi connectivity index (χ4v) is 1.75. The van der Waals surface area contributed by atoms with Gasteiger partial charge < -0.3 is 4.74 Å². The summed E-state index contributed by atoms with van der Waals surface area (Å²) in [6.45, 7) is 0.491. The smallest absolute Gasteiger partial charge is 0.169 e. The Morgan fingerprint density at radius 3 is 3.00 bits per heavy atom. The molecule has 0 saturated heterocycles. The molecule has 0 spiro atoms. The number of Topliss-reactive ketones (excluding diaryl/α,β-unsaturated/α-hetero) is 1. The van der Waals surface area contributed by atoms with Crippen LogP contribution in [0.3, 0.4) is 0 Å². The second kappa shape index (κ2) is 3.68. The molecule has 1 fully saturated rings. The summed E-state index contributed by atoms with van der Waals surface area (Å²) in [5.74, 6) is 7.79. The average molecular weight is 212 g/mol. The summed E-state index contributed by atoms with van der Waals surface area (Å²) in [4.78, 5) is 11.6. The molecule has 2 heteroatoms. The van der Waals surface area contributed by atoms with Gasteiger partial charge in [-0.2, -0.15) is 0 Å². The molecule has 3 rings (SSSR count). The summed E-state index contributed by atoms with van der Waals surface area (Å²) in [6, 6.07) is 5.61. The molecule has 16 heavy (non-hydrogen) atoms. The van der Waals surface area contributed by atoms with E-state index < -0.39 is 0 Å². The van der Waals surface area contributed by atoms with E-state index in [1.165, 1.54) is 12.8 Å². The fourth-order valence-electron chi connectivity index (χ4n) is 1.75. The van der Waals surface area contributed by atoms with Crippen LogP contribution >= 0.6 is 0 Å². The second-order valence-electron chi connectivity index (χ2n) is 4.28. The van der Waals surface area contributed by atoms with E-state index in [2.05, 4.69) is 11.8 Å². The largest absolute Gasteiger partial charge is 0.492 e. The Morgan fingerprint density at radius 1 is 1.31 bits per heavy atom. The molecule has 1 aromatic carbocycles. The quantitative estimate of drug-likeness (QED) is 0.617. The molecule has 2 nitrogen and oxygen atoms in total. The maximum atomic E-state index is 11.6. The van der Waals surface area contributed by atoms with Crippen molar-refractivity contribution in [2.45, 2.75) is 19.3 Å². The van der Waals surface area contributed by atoms with E-state index in [0.29, 0.717) is 30.3 Å². The number of benzene rings is 1. The topological polar surface area (TPSA) is 26.3 Å². The summed E-state index contributed by atoms with van der Waals surface area (Å²) in [7, 11) is 0. The molecule has 1 heterocycles. The highest BCUT2D eigenvalue weighted by molar-refractivity contribution is 5.99. The van der Waals surface area contributed by atoms with Crippen molar-refractivity contribution in [1.29, 1.82) is 0 Å². The molecule has 0 amide bonds. The maximum absolute atomic E-state index is 11.6. The van der Waals surface area contributed by atoms with Gasteiger partial charge in [-0.3, -0.25) is 4.79 Å². The first-order valence-corrected chi connectivity index (χ1v) is 5.64. The summed E-state index contributed by atoms with van der Waals surface area (Å²) in [6.07, 6.45) is 2.94. The van der Waals surface area contributed by atoms with Gasteiger partial charge in [-0.15, -0.1) is 0 Å². The summed E-state index contributed by atoms with van der Waals surface area (Å²) in [5, 5.41) is 0. The molecule has 1 saturated carbocycles. The first-order valence-electron chi connectivity index (χ1n) is 5.64. The average Bonchev–Trinajstić information content (AvgIpc) is 3.10. The number of rotatable bonds is 0. The molecule has 0 atom stereocenters. The number of hydrogen-bond donors (Lipinski definition) is 0. The number of fused-ring (bicyclic) bond motifs is 1. The Labute approximate surface area is 94.6 Å². The van der Waals surface area contributed by atoms with E-state index in [9.17, 15) is 4.79 Å². The minimum Gasteiger partial charge on any atom is -0.492 e. The van der Waals surface area contributed by atoms with E-state index in [1.807, 2.05) is 18.2 Å². The lowest BCUT2D eigenvalue weighted by Gasteiger charge is -2.15. The van der Waals surface area contributed by atoms with Gasteiger partial charge in [0.05, 0.1) is 12.2 Å². The van der Waals surface area contributed by atoms with Crippen molar-refractivity contribution >= 4 is 5.78 Å². The van der Waals surface area contributed by atoms with Crippen LogP contribution in [0.4, 0.5) is 0 Å². The number of hydrogen-bond acceptors (Lipinski definition) is 2. The number of ether oxygens (including phenoxy) is 1. The first kappa shape index (κ1) is 9.47. The maximum Gasteiger partial charge on any atom is 0.169 e. The van der Waals surface area contributed by atoms with Gasteiger partial charge in [0.2, 0.25) is 0 Å². The third kappa shape index (κ3) is 1.81. The lowest BCUT2D eigenvalue weighted by Crippen LogP contribution is -2.15. The zero-order valence-electron chi connectivity index (χ0n) is 8.95. The van der Waals surface area contributed by atoms with E-state index in [1.54, 1.807) is 0 Å². The van der Waals surface area contributed by atoms with Crippen LogP contribution in [-0.4, -0.2) is 12.4 Å². The van der Waals surface area contributed by atoms with Gasteiger partial charge in [-0.1, -0.05) is 11.8 Å². The highest BCUT2D eigenvalue weighted by atomic mass is 16.5. The van der Waals surface area contributed by atoms with Crippen molar-refractivity contribution in [3.63, 3.8) is 0 Å². The molecule has 0 radical (unpaired) electrons. The van der Waals surface area contributed by atoms with Gasteiger partial charge in [0, 0.05) is 17.9 Å². The zero-order chi connectivity index (χ0) is 11.0. The molecule has 0 aromatic heterocycles. The van der Waals surface area contributed by atoms with Crippen LogP contribution in [0.1, 0.15) is 35.2 Å². The van der Waals surface area contributed by atoms with E-state index >= 15 is 0 Å². The van der Waals surface area contributed by atoms with Crippen molar-refractivity contribution in [3.8, 4) is 17.6 Å².